The molecule has 2 aromatic heterocycles. The number of hydrogen-bond acceptors (Lipinski definition) is 4. The van der Waals surface area contributed by atoms with Crippen LogP contribution >= 0.6 is 0 Å². The van der Waals surface area contributed by atoms with E-state index in [1.54, 1.807) is 31.2 Å². The third-order valence-corrected chi connectivity index (χ3v) is 2.60. The van der Waals surface area contributed by atoms with E-state index < -0.39 is 0 Å². The van der Waals surface area contributed by atoms with E-state index in [0.29, 0.717) is 22.6 Å². The van der Waals surface area contributed by atoms with Gasteiger partial charge in [-0.3, -0.25) is 9.78 Å². The van der Waals surface area contributed by atoms with Gasteiger partial charge in [-0.15, -0.1) is 0 Å². The molecule has 1 amide bonds. The Balaban J connectivity index is 2.18. The number of nitrogens with zero attached hydrogens (tertiary/aromatic N) is 3. The number of aryl methyl sites for hydroxylation is 2. The van der Waals surface area contributed by atoms with E-state index in [4.69, 9.17) is 5.26 Å². The summed E-state index contributed by atoms with van der Waals surface area (Å²) < 4.78 is 0. The van der Waals surface area contributed by atoms with E-state index >= 15 is 0 Å². The molecular weight excluding hydrogens is 240 g/mol. The summed E-state index contributed by atoms with van der Waals surface area (Å²) >= 11 is 0. The predicted molar refractivity (Wildman–Crippen MR) is 70.6 cm³/mol. The van der Waals surface area contributed by atoms with Crippen molar-refractivity contribution in [3.05, 3.63) is 53.0 Å². The molecule has 0 aromatic carbocycles. The fourth-order valence-corrected chi connectivity index (χ4v) is 1.64. The molecule has 2 rings (SSSR count). The van der Waals surface area contributed by atoms with Crippen LogP contribution in [-0.4, -0.2) is 15.9 Å². The molecule has 0 fully saturated rings. The van der Waals surface area contributed by atoms with Crippen LogP contribution in [-0.2, 0) is 0 Å². The summed E-state index contributed by atoms with van der Waals surface area (Å²) in [4.78, 5) is 20.3. The molecule has 0 aliphatic heterocycles. The first-order valence-corrected chi connectivity index (χ1v) is 5.72. The number of aromatic nitrogens is 2. The number of carbonyl (C=O) groups is 1. The highest BCUT2D eigenvalue weighted by molar-refractivity contribution is 6.04. The van der Waals surface area contributed by atoms with Gasteiger partial charge < -0.3 is 5.32 Å². The van der Waals surface area contributed by atoms with Crippen LogP contribution < -0.4 is 5.32 Å². The van der Waals surface area contributed by atoms with Crippen LogP contribution in [0.25, 0.3) is 0 Å². The molecule has 0 spiro atoms. The van der Waals surface area contributed by atoms with Gasteiger partial charge in [0.2, 0.25) is 0 Å². The number of carbonyl (C=O) groups excluding carboxylic acids is 1. The summed E-state index contributed by atoms with van der Waals surface area (Å²) in [7, 11) is 0. The van der Waals surface area contributed by atoms with Gasteiger partial charge in [0, 0.05) is 11.9 Å². The Bertz CT molecular complexity index is 656. The lowest BCUT2D eigenvalue weighted by molar-refractivity contribution is 0.102. The standard InChI is InChI=1S/C14H12N4O/c1-9-3-5-12(10(2)17-9)14(19)18-13-6-4-11(7-15)8-16-13/h3-6,8H,1-2H3,(H,16,18,19). The number of hydrogen-bond donors (Lipinski definition) is 1. The SMILES string of the molecule is Cc1ccc(C(=O)Nc2ccc(C#N)cn2)c(C)n1. The van der Waals surface area contributed by atoms with Crippen molar-refractivity contribution in [1.29, 1.82) is 5.26 Å². The maximum absolute atomic E-state index is 12.0. The molecule has 0 saturated carbocycles. The van der Waals surface area contributed by atoms with Crippen molar-refractivity contribution >= 4 is 11.7 Å². The van der Waals surface area contributed by atoms with Crippen LogP contribution in [0.4, 0.5) is 5.82 Å². The molecule has 0 bridgehead atoms. The molecule has 5 heteroatoms. The Hall–Kier alpha value is -2.74. The molecular formula is C14H12N4O. The van der Waals surface area contributed by atoms with Gasteiger partial charge in [-0.2, -0.15) is 5.26 Å². The van der Waals surface area contributed by atoms with Crippen molar-refractivity contribution in [3.8, 4) is 6.07 Å². The minimum absolute atomic E-state index is 0.262. The Morgan fingerprint density at radius 2 is 2.05 bits per heavy atom. The molecule has 0 aliphatic carbocycles. The Labute approximate surface area is 110 Å². The minimum atomic E-state index is -0.262. The van der Waals surface area contributed by atoms with Gasteiger partial charge in [0.25, 0.3) is 5.91 Å². The van der Waals surface area contributed by atoms with Crippen LogP contribution in [0, 0.1) is 25.2 Å². The average molecular weight is 252 g/mol. The van der Waals surface area contributed by atoms with Crippen LogP contribution in [0.2, 0.25) is 0 Å². The number of anilines is 1. The van der Waals surface area contributed by atoms with E-state index in [1.165, 1.54) is 6.20 Å². The predicted octanol–water partition coefficient (Wildman–Crippen LogP) is 2.22. The van der Waals surface area contributed by atoms with Crippen molar-refractivity contribution in [2.45, 2.75) is 13.8 Å². The molecule has 0 radical (unpaired) electrons. The number of pyridine rings is 2. The molecule has 2 heterocycles. The summed E-state index contributed by atoms with van der Waals surface area (Å²) in [6.07, 6.45) is 1.41. The van der Waals surface area contributed by atoms with Gasteiger partial charge in [0.05, 0.1) is 16.8 Å². The Kier molecular flexibility index (Phi) is 3.53. The minimum Gasteiger partial charge on any atom is -0.307 e. The van der Waals surface area contributed by atoms with Crippen molar-refractivity contribution in [2.75, 3.05) is 5.32 Å². The second-order valence-electron chi connectivity index (χ2n) is 4.08. The van der Waals surface area contributed by atoms with E-state index in [-0.39, 0.29) is 5.91 Å². The molecule has 0 atom stereocenters. The van der Waals surface area contributed by atoms with Crippen molar-refractivity contribution < 1.29 is 4.79 Å². The molecule has 2 aromatic rings. The highest BCUT2D eigenvalue weighted by Gasteiger charge is 2.10. The number of rotatable bonds is 2. The molecule has 0 unspecified atom stereocenters. The Morgan fingerprint density at radius 3 is 2.63 bits per heavy atom. The topological polar surface area (TPSA) is 78.7 Å². The third kappa shape index (κ3) is 2.93. The molecule has 0 aliphatic rings. The second-order valence-corrected chi connectivity index (χ2v) is 4.08. The maximum atomic E-state index is 12.0. The summed E-state index contributed by atoms with van der Waals surface area (Å²) in [6.45, 7) is 3.66. The zero-order chi connectivity index (χ0) is 13.8. The molecule has 94 valence electrons. The summed E-state index contributed by atoms with van der Waals surface area (Å²) in [5.74, 6) is 0.145. The largest absolute Gasteiger partial charge is 0.307 e. The van der Waals surface area contributed by atoms with E-state index in [1.807, 2.05) is 13.0 Å². The smallest absolute Gasteiger partial charge is 0.258 e. The highest BCUT2D eigenvalue weighted by atomic mass is 16.1. The molecule has 1 N–H and O–H groups in total. The lowest BCUT2D eigenvalue weighted by Crippen LogP contribution is -2.15. The number of nitriles is 1. The summed E-state index contributed by atoms with van der Waals surface area (Å²) in [5, 5.41) is 11.3. The van der Waals surface area contributed by atoms with Crippen molar-refractivity contribution in [2.24, 2.45) is 0 Å². The summed E-state index contributed by atoms with van der Waals surface area (Å²) in [6, 6.07) is 8.68. The maximum Gasteiger partial charge on any atom is 0.258 e. The van der Waals surface area contributed by atoms with Gasteiger partial charge in [0.15, 0.2) is 0 Å². The first kappa shape index (κ1) is 12.7. The first-order chi connectivity index (χ1) is 9.10. The zero-order valence-corrected chi connectivity index (χ0v) is 10.6. The van der Waals surface area contributed by atoms with Crippen LogP contribution in [0.5, 0.6) is 0 Å². The lowest BCUT2D eigenvalue weighted by Gasteiger charge is -2.07. The van der Waals surface area contributed by atoms with Gasteiger partial charge in [0.1, 0.15) is 11.9 Å². The molecule has 5 nitrogen and oxygen atoms in total. The number of nitrogens with one attached hydrogen (secondary N) is 1. The highest BCUT2D eigenvalue weighted by Crippen LogP contribution is 2.10. The summed E-state index contributed by atoms with van der Waals surface area (Å²) in [5.41, 5.74) is 2.50. The van der Waals surface area contributed by atoms with E-state index in [2.05, 4.69) is 15.3 Å². The molecule has 0 saturated heterocycles. The van der Waals surface area contributed by atoms with Crippen LogP contribution in [0.1, 0.15) is 27.3 Å². The fraction of sp³-hybridized carbons (Fsp3) is 0.143. The van der Waals surface area contributed by atoms with E-state index in [0.717, 1.165) is 5.69 Å². The second kappa shape index (κ2) is 5.27. The van der Waals surface area contributed by atoms with Gasteiger partial charge in [-0.25, -0.2) is 4.98 Å². The molecule has 19 heavy (non-hydrogen) atoms. The zero-order valence-electron chi connectivity index (χ0n) is 10.6. The van der Waals surface area contributed by atoms with Gasteiger partial charge in [-0.05, 0) is 38.1 Å². The van der Waals surface area contributed by atoms with Crippen LogP contribution in [0.3, 0.4) is 0 Å². The first-order valence-electron chi connectivity index (χ1n) is 5.72. The monoisotopic (exact) mass is 252 g/mol. The van der Waals surface area contributed by atoms with Crippen LogP contribution in [0.15, 0.2) is 30.5 Å². The van der Waals surface area contributed by atoms with Gasteiger partial charge in [-0.1, -0.05) is 0 Å². The Morgan fingerprint density at radius 1 is 1.26 bits per heavy atom. The number of amides is 1. The normalized spacial score (nSPS) is 9.74. The van der Waals surface area contributed by atoms with E-state index in [9.17, 15) is 4.79 Å². The quantitative estimate of drug-likeness (QED) is 0.888. The average Bonchev–Trinajstić information content (AvgIpc) is 2.39. The van der Waals surface area contributed by atoms with Crippen molar-refractivity contribution in [1.82, 2.24) is 9.97 Å². The van der Waals surface area contributed by atoms with Crippen molar-refractivity contribution in [3.63, 3.8) is 0 Å². The lowest BCUT2D eigenvalue weighted by atomic mass is 10.1. The third-order valence-electron chi connectivity index (χ3n) is 2.60. The fourth-order valence-electron chi connectivity index (χ4n) is 1.64. The van der Waals surface area contributed by atoms with Gasteiger partial charge >= 0.3 is 0 Å².